The Kier molecular flexibility index (Phi) is 8.53. The van der Waals surface area contributed by atoms with E-state index in [4.69, 9.17) is 22.1 Å². The highest BCUT2D eigenvalue weighted by Crippen LogP contribution is 2.32. The zero-order valence-electron chi connectivity index (χ0n) is 13.9. The SMILES string of the molecule is CC1Oc2ccc(CCNCc3cccc(Cl)c3)cc2N=C1N.Cl.Cl. The summed E-state index contributed by atoms with van der Waals surface area (Å²) in [6, 6.07) is 14.0. The number of hydrogen-bond donors (Lipinski definition) is 2. The van der Waals surface area contributed by atoms with Crippen LogP contribution >= 0.6 is 36.4 Å². The Bertz CT molecular complexity index is 737. The smallest absolute Gasteiger partial charge is 0.153 e. The number of hydrogen-bond acceptors (Lipinski definition) is 4. The van der Waals surface area contributed by atoms with Gasteiger partial charge in [-0.1, -0.05) is 29.8 Å². The van der Waals surface area contributed by atoms with Gasteiger partial charge in [-0.25, -0.2) is 4.99 Å². The van der Waals surface area contributed by atoms with Crippen molar-refractivity contribution in [2.75, 3.05) is 6.54 Å². The number of nitrogens with zero attached hydrogens (tertiary/aromatic N) is 1. The van der Waals surface area contributed by atoms with Crippen LogP contribution in [0.15, 0.2) is 47.5 Å². The molecule has 0 saturated heterocycles. The van der Waals surface area contributed by atoms with Crippen LogP contribution in [0.5, 0.6) is 5.75 Å². The number of aliphatic imine (C=N–C) groups is 1. The summed E-state index contributed by atoms with van der Waals surface area (Å²) in [5.74, 6) is 1.32. The number of nitrogens with one attached hydrogen (secondary N) is 1. The minimum absolute atomic E-state index is 0. The van der Waals surface area contributed by atoms with Crippen LogP contribution < -0.4 is 15.8 Å². The van der Waals surface area contributed by atoms with Crippen molar-refractivity contribution in [3.63, 3.8) is 0 Å². The molecule has 1 atom stereocenters. The molecule has 3 rings (SSSR count). The van der Waals surface area contributed by atoms with Gasteiger partial charge in [0.1, 0.15) is 17.3 Å². The molecule has 0 bridgehead atoms. The molecule has 0 aliphatic carbocycles. The molecular formula is C18H22Cl3N3O. The van der Waals surface area contributed by atoms with Gasteiger partial charge in [-0.2, -0.15) is 0 Å². The lowest BCUT2D eigenvalue weighted by atomic mass is 10.1. The van der Waals surface area contributed by atoms with Crippen LogP contribution in [-0.4, -0.2) is 18.5 Å². The first-order valence-corrected chi connectivity index (χ1v) is 8.08. The van der Waals surface area contributed by atoms with E-state index in [1.807, 2.05) is 37.3 Å². The minimum atomic E-state index is -0.160. The van der Waals surface area contributed by atoms with Gasteiger partial charge in [0.25, 0.3) is 0 Å². The molecule has 2 aromatic rings. The molecule has 1 heterocycles. The van der Waals surface area contributed by atoms with Crippen molar-refractivity contribution in [1.82, 2.24) is 5.32 Å². The maximum atomic E-state index is 5.98. The van der Waals surface area contributed by atoms with Crippen molar-refractivity contribution in [1.29, 1.82) is 0 Å². The van der Waals surface area contributed by atoms with Crippen LogP contribution in [-0.2, 0) is 13.0 Å². The highest BCUT2D eigenvalue weighted by Gasteiger charge is 2.17. The minimum Gasteiger partial charge on any atom is -0.481 e. The van der Waals surface area contributed by atoms with Crippen molar-refractivity contribution >= 4 is 47.9 Å². The van der Waals surface area contributed by atoms with Crippen molar-refractivity contribution in [3.8, 4) is 5.75 Å². The molecule has 0 amide bonds. The van der Waals surface area contributed by atoms with Crippen LogP contribution in [0.3, 0.4) is 0 Å². The zero-order valence-corrected chi connectivity index (χ0v) is 16.3. The number of fused-ring (bicyclic) bond motifs is 1. The molecule has 0 radical (unpaired) electrons. The lowest BCUT2D eigenvalue weighted by Gasteiger charge is -2.21. The Hall–Kier alpha value is -1.46. The molecule has 136 valence electrons. The molecule has 1 unspecified atom stereocenters. The fraction of sp³-hybridized carbons (Fsp3) is 0.278. The van der Waals surface area contributed by atoms with Gasteiger partial charge in [-0.05, 0) is 55.3 Å². The first-order valence-electron chi connectivity index (χ1n) is 7.70. The van der Waals surface area contributed by atoms with E-state index in [-0.39, 0.29) is 30.9 Å². The zero-order chi connectivity index (χ0) is 16.2. The van der Waals surface area contributed by atoms with Crippen LogP contribution in [0.4, 0.5) is 5.69 Å². The molecule has 0 aromatic heterocycles. The summed E-state index contributed by atoms with van der Waals surface area (Å²) in [6.07, 6.45) is 0.756. The summed E-state index contributed by atoms with van der Waals surface area (Å²) >= 11 is 5.98. The standard InChI is InChI=1S/C18H20ClN3O.2ClH/c1-12-18(20)22-16-10-13(5-6-17(16)23-12)7-8-21-11-14-3-2-4-15(19)9-14;;/h2-6,9-10,12,21H,7-8,11H2,1H3,(H2,20,22);2*1H. The second kappa shape index (κ2) is 9.88. The molecule has 7 heteroatoms. The van der Waals surface area contributed by atoms with Gasteiger partial charge in [-0.3, -0.25) is 0 Å². The monoisotopic (exact) mass is 401 g/mol. The number of nitrogens with two attached hydrogens (primary N) is 1. The van der Waals surface area contributed by atoms with Gasteiger partial charge in [0.15, 0.2) is 6.10 Å². The molecular weight excluding hydrogens is 381 g/mol. The topological polar surface area (TPSA) is 59.6 Å². The summed E-state index contributed by atoms with van der Waals surface area (Å²) in [5.41, 5.74) is 9.04. The predicted octanol–water partition coefficient (Wildman–Crippen LogP) is 4.29. The van der Waals surface area contributed by atoms with E-state index in [2.05, 4.69) is 22.4 Å². The molecule has 0 fully saturated rings. The molecule has 4 nitrogen and oxygen atoms in total. The number of halogens is 3. The third-order valence-corrected chi connectivity index (χ3v) is 4.04. The number of rotatable bonds is 5. The molecule has 0 spiro atoms. The van der Waals surface area contributed by atoms with Crippen molar-refractivity contribution in [2.45, 2.75) is 26.0 Å². The fourth-order valence-corrected chi connectivity index (χ4v) is 2.71. The normalized spacial score (nSPS) is 15.1. The molecule has 2 aromatic carbocycles. The fourth-order valence-electron chi connectivity index (χ4n) is 2.50. The average Bonchev–Trinajstić information content (AvgIpc) is 2.53. The lowest BCUT2D eigenvalue weighted by molar-refractivity contribution is 0.281. The summed E-state index contributed by atoms with van der Waals surface area (Å²) in [6.45, 7) is 3.58. The van der Waals surface area contributed by atoms with Gasteiger partial charge in [0, 0.05) is 11.6 Å². The van der Waals surface area contributed by atoms with Gasteiger partial charge in [0.2, 0.25) is 0 Å². The third-order valence-electron chi connectivity index (χ3n) is 3.80. The van der Waals surface area contributed by atoms with Crippen molar-refractivity contribution < 1.29 is 4.74 Å². The van der Waals surface area contributed by atoms with Crippen LogP contribution in [0, 0.1) is 0 Å². The van der Waals surface area contributed by atoms with Gasteiger partial charge >= 0.3 is 0 Å². The molecule has 1 aliphatic heterocycles. The van der Waals surface area contributed by atoms with E-state index >= 15 is 0 Å². The van der Waals surface area contributed by atoms with Crippen LogP contribution in [0.25, 0.3) is 0 Å². The average molecular weight is 403 g/mol. The molecule has 3 N–H and O–H groups in total. The molecule has 25 heavy (non-hydrogen) atoms. The first-order chi connectivity index (χ1) is 11.1. The maximum Gasteiger partial charge on any atom is 0.153 e. The van der Waals surface area contributed by atoms with E-state index < -0.39 is 0 Å². The van der Waals surface area contributed by atoms with Crippen LogP contribution in [0.2, 0.25) is 5.02 Å². The van der Waals surface area contributed by atoms with Gasteiger partial charge in [0.05, 0.1) is 0 Å². The number of amidine groups is 1. The molecule has 0 saturated carbocycles. The van der Waals surface area contributed by atoms with E-state index in [1.165, 1.54) is 11.1 Å². The van der Waals surface area contributed by atoms with E-state index in [9.17, 15) is 0 Å². The van der Waals surface area contributed by atoms with E-state index in [0.29, 0.717) is 5.84 Å². The quantitative estimate of drug-likeness (QED) is 0.734. The summed E-state index contributed by atoms with van der Waals surface area (Å²) in [4.78, 5) is 4.41. The van der Waals surface area contributed by atoms with Gasteiger partial charge in [-0.15, -0.1) is 24.8 Å². The van der Waals surface area contributed by atoms with Crippen molar-refractivity contribution in [3.05, 3.63) is 58.6 Å². The second-order valence-electron chi connectivity index (χ2n) is 5.66. The molecule has 1 aliphatic rings. The van der Waals surface area contributed by atoms with Crippen molar-refractivity contribution in [2.24, 2.45) is 10.7 Å². The Labute approximate surface area is 165 Å². The second-order valence-corrected chi connectivity index (χ2v) is 6.09. The number of benzene rings is 2. The van der Waals surface area contributed by atoms with Crippen LogP contribution in [0.1, 0.15) is 18.1 Å². The summed E-state index contributed by atoms with van der Waals surface area (Å²) in [5, 5.41) is 4.19. The lowest BCUT2D eigenvalue weighted by Crippen LogP contribution is -2.33. The highest BCUT2D eigenvalue weighted by molar-refractivity contribution is 6.30. The Morgan fingerprint density at radius 2 is 1.96 bits per heavy atom. The Morgan fingerprint density at radius 1 is 1.16 bits per heavy atom. The van der Waals surface area contributed by atoms with E-state index in [1.54, 1.807) is 0 Å². The Morgan fingerprint density at radius 3 is 2.72 bits per heavy atom. The van der Waals surface area contributed by atoms with E-state index in [0.717, 1.165) is 36.0 Å². The predicted molar refractivity (Wildman–Crippen MR) is 109 cm³/mol. The first kappa shape index (κ1) is 21.6. The van der Waals surface area contributed by atoms with Gasteiger partial charge < -0.3 is 15.8 Å². The maximum absolute atomic E-state index is 5.98. The third kappa shape index (κ3) is 5.79. The summed E-state index contributed by atoms with van der Waals surface area (Å²) < 4.78 is 5.71. The summed E-state index contributed by atoms with van der Waals surface area (Å²) in [7, 11) is 0. The highest BCUT2D eigenvalue weighted by atomic mass is 35.5. The number of ether oxygens (including phenoxy) is 1. The largest absolute Gasteiger partial charge is 0.481 e. The Balaban J connectivity index is 0.00000156.